The molecule has 0 bridgehead atoms. The molecule has 61 heavy (non-hydrogen) atoms. The highest BCUT2D eigenvalue weighted by molar-refractivity contribution is 6.31. The van der Waals surface area contributed by atoms with Crippen LogP contribution >= 0.6 is 11.6 Å². The van der Waals surface area contributed by atoms with Gasteiger partial charge in [-0.05, 0) is 67.5 Å². The molecule has 1 unspecified atom stereocenters. The first-order valence-electron chi connectivity index (χ1n) is 20.8. The zero-order valence-electron chi connectivity index (χ0n) is 34.4. The van der Waals surface area contributed by atoms with Crippen LogP contribution in [0.15, 0.2) is 42.5 Å². The Bertz CT molecular complexity index is 2370. The first kappa shape index (κ1) is 40.7. The molecule has 0 spiro atoms. The summed E-state index contributed by atoms with van der Waals surface area (Å²) in [5.41, 5.74) is 0.0791. The molecule has 3 atom stereocenters. The minimum Gasteiger partial charge on any atom is -0.489 e. The maximum Gasteiger partial charge on any atom is 0.272 e. The number of nitrogens with zero attached hydrogens (tertiary/aromatic N) is 7. The van der Waals surface area contributed by atoms with E-state index in [-0.39, 0.29) is 53.4 Å². The standard InChI is InChI=1S/C44H47ClFN9O6/c1-43(2)41(44(3,4)42(43)61-27-6-5-23(18-47)30(45)15-27)49-37(57)32-7-9-35(51-50-32)52-13-11-26(12-14-52)53-19-24-21-54(22-25(24)20-53)34-17-29-28(16-31(34)46)39(59)55(40(29)60)33-8-10-36(56)48-38(33)58/h5-7,9,15-17,24-26,33,41-42H,8,10-14,19-22H2,1-4H3,(H,49,57)(H,48,56,58)/t24-,25+,33?,41-,42-. The van der Waals surface area contributed by atoms with Crippen molar-refractivity contribution in [2.75, 3.05) is 49.1 Å². The number of imide groups is 2. The predicted octanol–water partition coefficient (Wildman–Crippen LogP) is 4.19. The van der Waals surface area contributed by atoms with Gasteiger partial charge in [0.25, 0.3) is 17.7 Å². The maximum atomic E-state index is 15.6. The summed E-state index contributed by atoms with van der Waals surface area (Å²) in [6, 6.07) is 12.3. The second-order valence-corrected chi connectivity index (χ2v) is 18.9. The third kappa shape index (κ3) is 6.95. The van der Waals surface area contributed by atoms with Gasteiger partial charge in [0.1, 0.15) is 29.8 Å². The number of fused-ring (bicyclic) bond motifs is 2. The van der Waals surface area contributed by atoms with Crippen molar-refractivity contribution in [3.05, 3.63) is 75.7 Å². The number of anilines is 2. The lowest BCUT2D eigenvalue weighted by Crippen LogP contribution is -2.74. The molecule has 0 radical (unpaired) electrons. The largest absolute Gasteiger partial charge is 0.489 e. The minimum atomic E-state index is -1.10. The van der Waals surface area contributed by atoms with Gasteiger partial charge in [-0.2, -0.15) is 5.26 Å². The van der Waals surface area contributed by atoms with Crippen molar-refractivity contribution in [2.24, 2.45) is 22.7 Å². The van der Waals surface area contributed by atoms with Crippen LogP contribution in [0, 0.1) is 39.8 Å². The molecule has 17 heteroatoms. The smallest absolute Gasteiger partial charge is 0.272 e. The van der Waals surface area contributed by atoms with Crippen LogP contribution in [0.4, 0.5) is 15.9 Å². The van der Waals surface area contributed by atoms with Crippen molar-refractivity contribution < 1.29 is 33.1 Å². The zero-order chi connectivity index (χ0) is 43.1. The van der Waals surface area contributed by atoms with E-state index in [1.165, 1.54) is 6.07 Å². The highest BCUT2D eigenvalue weighted by Gasteiger charge is 2.64. The number of nitrogens with one attached hydrogen (secondary N) is 2. The van der Waals surface area contributed by atoms with Gasteiger partial charge in [0.05, 0.1) is 27.4 Å². The Kier molecular flexibility index (Phi) is 10.1. The molecule has 4 saturated heterocycles. The van der Waals surface area contributed by atoms with Crippen LogP contribution < -0.4 is 25.2 Å². The molecule has 6 heterocycles. The number of ether oxygens (including phenoxy) is 1. The fraction of sp³-hybridized carbons (Fsp3) is 0.500. The molecular formula is C44H47ClFN9O6. The van der Waals surface area contributed by atoms with E-state index in [1.807, 2.05) is 38.7 Å². The lowest BCUT2D eigenvalue weighted by molar-refractivity contribution is -0.164. The van der Waals surface area contributed by atoms with Crippen molar-refractivity contribution in [2.45, 2.75) is 77.6 Å². The van der Waals surface area contributed by atoms with Crippen LogP contribution in [0.1, 0.15) is 90.1 Å². The van der Waals surface area contributed by atoms with Gasteiger partial charge < -0.3 is 19.9 Å². The fourth-order valence-corrected chi connectivity index (χ4v) is 11.3. The van der Waals surface area contributed by atoms with Crippen molar-refractivity contribution >= 4 is 52.6 Å². The zero-order valence-corrected chi connectivity index (χ0v) is 35.2. The molecule has 5 aliphatic heterocycles. The third-order valence-corrected chi connectivity index (χ3v) is 14.3. The van der Waals surface area contributed by atoms with Crippen LogP contribution in [0.25, 0.3) is 0 Å². The number of rotatable bonds is 8. The van der Waals surface area contributed by atoms with Gasteiger partial charge in [-0.25, -0.2) is 4.39 Å². The van der Waals surface area contributed by atoms with E-state index in [9.17, 15) is 29.2 Å². The fourth-order valence-electron chi connectivity index (χ4n) is 11.1. The average molecular weight is 852 g/mol. The average Bonchev–Trinajstić information content (AvgIpc) is 3.89. The molecular weight excluding hydrogens is 805 g/mol. The highest BCUT2D eigenvalue weighted by atomic mass is 35.5. The first-order chi connectivity index (χ1) is 29.0. The van der Waals surface area contributed by atoms with Gasteiger partial charge in [0.15, 0.2) is 11.5 Å². The van der Waals surface area contributed by atoms with E-state index in [0.29, 0.717) is 47.3 Å². The summed E-state index contributed by atoms with van der Waals surface area (Å²) in [5.74, 6) is -1.47. The Morgan fingerprint density at radius 2 is 1.57 bits per heavy atom. The molecule has 15 nitrogen and oxygen atoms in total. The van der Waals surface area contributed by atoms with E-state index in [1.54, 1.807) is 24.3 Å². The summed E-state index contributed by atoms with van der Waals surface area (Å²) >= 11 is 6.24. The Morgan fingerprint density at radius 1 is 0.902 bits per heavy atom. The second kappa shape index (κ2) is 15.1. The van der Waals surface area contributed by atoms with E-state index in [4.69, 9.17) is 16.3 Å². The molecule has 2 N–H and O–H groups in total. The maximum absolute atomic E-state index is 15.6. The number of carbonyl (C=O) groups is 5. The summed E-state index contributed by atoms with van der Waals surface area (Å²) in [6.45, 7) is 12.8. The first-order valence-corrected chi connectivity index (χ1v) is 21.2. The Labute approximate surface area is 357 Å². The van der Waals surface area contributed by atoms with E-state index >= 15 is 4.39 Å². The van der Waals surface area contributed by atoms with Crippen molar-refractivity contribution in [3.63, 3.8) is 0 Å². The molecule has 318 valence electrons. The molecule has 1 aliphatic carbocycles. The Balaban J connectivity index is 0.759. The third-order valence-electron chi connectivity index (χ3n) is 14.0. The Morgan fingerprint density at radius 3 is 2.18 bits per heavy atom. The molecule has 1 aromatic heterocycles. The number of hydrogen-bond acceptors (Lipinski definition) is 12. The van der Waals surface area contributed by atoms with Gasteiger partial charge in [-0.15, -0.1) is 10.2 Å². The normalized spacial score (nSPS) is 27.0. The van der Waals surface area contributed by atoms with Crippen molar-refractivity contribution in [1.82, 2.24) is 30.6 Å². The lowest BCUT2D eigenvalue weighted by atomic mass is 9.49. The van der Waals surface area contributed by atoms with Crippen molar-refractivity contribution in [1.29, 1.82) is 5.26 Å². The van der Waals surface area contributed by atoms with Crippen LogP contribution in [-0.2, 0) is 9.59 Å². The van der Waals surface area contributed by atoms with Crippen LogP contribution in [0.2, 0.25) is 5.02 Å². The summed E-state index contributed by atoms with van der Waals surface area (Å²) in [7, 11) is 0. The van der Waals surface area contributed by atoms with Gasteiger partial charge in [-0.1, -0.05) is 39.3 Å². The predicted molar refractivity (Wildman–Crippen MR) is 221 cm³/mol. The van der Waals surface area contributed by atoms with E-state index in [2.05, 4.69) is 36.7 Å². The Hall–Kier alpha value is -5.66. The van der Waals surface area contributed by atoms with Gasteiger partial charge in [-0.3, -0.25) is 39.1 Å². The number of benzene rings is 2. The second-order valence-electron chi connectivity index (χ2n) is 18.5. The lowest BCUT2D eigenvalue weighted by Gasteiger charge is -2.63. The van der Waals surface area contributed by atoms with E-state index in [0.717, 1.165) is 55.8 Å². The summed E-state index contributed by atoms with van der Waals surface area (Å²) in [5, 5.41) is 23.7. The monoisotopic (exact) mass is 851 g/mol. The van der Waals surface area contributed by atoms with Crippen molar-refractivity contribution in [3.8, 4) is 11.8 Å². The number of carbonyl (C=O) groups excluding carboxylic acids is 5. The number of hydrogen-bond donors (Lipinski definition) is 2. The topological polar surface area (TPSA) is 181 Å². The van der Waals surface area contributed by atoms with E-state index < -0.39 is 46.3 Å². The van der Waals surface area contributed by atoms with Gasteiger partial charge in [0.2, 0.25) is 11.8 Å². The number of halogens is 2. The van der Waals surface area contributed by atoms with Gasteiger partial charge in [0, 0.05) is 74.7 Å². The molecule has 2 aromatic carbocycles. The molecule has 6 aliphatic rings. The summed E-state index contributed by atoms with van der Waals surface area (Å²) in [4.78, 5) is 71.7. The number of piperidine rings is 2. The number of likely N-dealkylation sites (tertiary alicyclic amines) is 1. The summed E-state index contributed by atoms with van der Waals surface area (Å²) < 4.78 is 21.9. The quantitative estimate of drug-likeness (QED) is 0.309. The van der Waals surface area contributed by atoms with Crippen LogP contribution in [-0.4, -0.2) is 113 Å². The molecule has 1 saturated carbocycles. The molecule has 5 amide bonds. The minimum absolute atomic E-state index is 0.0131. The van der Waals surface area contributed by atoms with Gasteiger partial charge >= 0.3 is 0 Å². The number of aromatic nitrogens is 2. The summed E-state index contributed by atoms with van der Waals surface area (Å²) in [6.07, 6.45) is 1.70. The van der Waals surface area contributed by atoms with Crippen LogP contribution in [0.5, 0.6) is 5.75 Å². The number of nitriles is 1. The SMILES string of the molecule is CC1(C)[C@H](NC(=O)c2ccc(N3CCC(N4C[C@H]5CN(c6cc7c(cc6F)C(=O)N(C6CCC(=O)NC6=O)C7=O)C[C@H]5C4)CC3)nn2)C(C)(C)[C@H]1Oc1ccc(C#N)c(Cl)c1. The molecule has 3 aromatic rings. The number of amides is 5. The van der Waals surface area contributed by atoms with Crippen LogP contribution in [0.3, 0.4) is 0 Å². The molecule has 9 rings (SSSR count). The molecule has 5 fully saturated rings. The highest BCUT2D eigenvalue weighted by Crippen LogP contribution is 2.55.